The molecule has 0 saturated carbocycles. The predicted octanol–water partition coefficient (Wildman–Crippen LogP) is 1.74. The molecule has 1 aromatic heterocycles. The lowest BCUT2D eigenvalue weighted by Crippen LogP contribution is -2.08. The molecule has 0 saturated heterocycles. The molecule has 0 atom stereocenters. The zero-order valence-electron chi connectivity index (χ0n) is 6.75. The molecule has 59 valence electrons. The molecule has 0 aliphatic rings. The van der Waals surface area contributed by atoms with Gasteiger partial charge in [-0.05, 0) is 24.1 Å². The molecule has 0 aromatic carbocycles. The Hall–Kier alpha value is -0.890. The average molecular weight is 149 g/mol. The quantitative estimate of drug-likeness (QED) is 0.659. The second kappa shape index (κ2) is 4.85. The summed E-state index contributed by atoms with van der Waals surface area (Å²) in [5.74, 6) is 0. The first-order valence-corrected chi connectivity index (χ1v) is 3.87. The van der Waals surface area contributed by atoms with Crippen LogP contribution in [0.25, 0.3) is 0 Å². The molecule has 1 radical (unpaired) electrons. The van der Waals surface area contributed by atoms with Crippen LogP contribution in [0.5, 0.6) is 0 Å². The van der Waals surface area contributed by atoms with E-state index in [1.54, 1.807) is 0 Å². The summed E-state index contributed by atoms with van der Waals surface area (Å²) in [6.07, 6.45) is 4.68. The van der Waals surface area contributed by atoms with Crippen LogP contribution in [0.15, 0.2) is 24.5 Å². The van der Waals surface area contributed by atoms with Gasteiger partial charge in [-0.1, -0.05) is 6.92 Å². The van der Waals surface area contributed by atoms with E-state index >= 15 is 0 Å². The smallest absolute Gasteiger partial charge is 0.0271 e. The molecule has 0 spiro atoms. The number of pyridine rings is 1. The van der Waals surface area contributed by atoms with Gasteiger partial charge in [-0.25, -0.2) is 0 Å². The van der Waals surface area contributed by atoms with E-state index in [4.69, 9.17) is 0 Å². The zero-order chi connectivity index (χ0) is 7.94. The standard InChI is InChI=1S/C9H13N2/c1-2-5-11-8-9-3-6-10-7-4-9/h3-7,11H,2,8H2,1H3. The molecule has 0 unspecified atom stereocenters. The Kier molecular flexibility index (Phi) is 3.62. The summed E-state index contributed by atoms with van der Waals surface area (Å²) >= 11 is 0. The molecular weight excluding hydrogens is 136 g/mol. The highest BCUT2D eigenvalue weighted by atomic mass is 14.8. The SMILES string of the molecule is CC[CH]NCc1ccncc1. The molecule has 2 nitrogen and oxygen atoms in total. The number of nitrogens with one attached hydrogen (secondary N) is 1. The third-order valence-electron chi connectivity index (χ3n) is 1.40. The van der Waals surface area contributed by atoms with Crippen LogP contribution < -0.4 is 5.32 Å². The summed E-state index contributed by atoms with van der Waals surface area (Å²) in [6, 6.07) is 4.02. The fraction of sp³-hybridized carbons (Fsp3) is 0.333. The van der Waals surface area contributed by atoms with Crippen molar-refractivity contribution >= 4 is 0 Å². The van der Waals surface area contributed by atoms with Crippen LogP contribution in [-0.4, -0.2) is 4.98 Å². The van der Waals surface area contributed by atoms with Crippen LogP contribution in [0.3, 0.4) is 0 Å². The number of hydrogen-bond acceptors (Lipinski definition) is 2. The zero-order valence-corrected chi connectivity index (χ0v) is 6.75. The normalized spacial score (nSPS) is 9.91. The summed E-state index contributed by atoms with van der Waals surface area (Å²) < 4.78 is 0. The van der Waals surface area contributed by atoms with E-state index in [0.29, 0.717) is 0 Å². The molecular formula is C9H13N2. The van der Waals surface area contributed by atoms with Gasteiger partial charge in [0.1, 0.15) is 0 Å². The van der Waals surface area contributed by atoms with Crippen molar-refractivity contribution in [3.63, 3.8) is 0 Å². The van der Waals surface area contributed by atoms with Gasteiger partial charge in [0.25, 0.3) is 0 Å². The van der Waals surface area contributed by atoms with Crippen LogP contribution >= 0.6 is 0 Å². The van der Waals surface area contributed by atoms with Crippen LogP contribution in [0.4, 0.5) is 0 Å². The van der Waals surface area contributed by atoms with Gasteiger partial charge < -0.3 is 5.32 Å². The number of nitrogens with zero attached hydrogens (tertiary/aromatic N) is 1. The average Bonchev–Trinajstić information content (AvgIpc) is 2.07. The highest BCUT2D eigenvalue weighted by Crippen LogP contribution is 1.95. The van der Waals surface area contributed by atoms with Gasteiger partial charge in [-0.2, -0.15) is 0 Å². The maximum absolute atomic E-state index is 3.94. The molecule has 0 amide bonds. The van der Waals surface area contributed by atoms with E-state index in [0.717, 1.165) is 13.0 Å². The molecule has 1 heterocycles. The molecule has 0 fully saturated rings. The molecule has 1 rings (SSSR count). The Morgan fingerprint density at radius 1 is 1.45 bits per heavy atom. The van der Waals surface area contributed by atoms with E-state index in [2.05, 4.69) is 23.8 Å². The molecule has 11 heavy (non-hydrogen) atoms. The van der Waals surface area contributed by atoms with E-state index in [9.17, 15) is 0 Å². The Bertz CT molecular complexity index is 184. The molecule has 2 heteroatoms. The minimum absolute atomic E-state index is 0.899. The maximum atomic E-state index is 3.94. The molecule has 1 N–H and O–H groups in total. The monoisotopic (exact) mass is 149 g/mol. The van der Waals surface area contributed by atoms with Crippen molar-refractivity contribution in [1.29, 1.82) is 0 Å². The molecule has 1 aromatic rings. The third-order valence-corrected chi connectivity index (χ3v) is 1.40. The molecule has 0 aliphatic carbocycles. The van der Waals surface area contributed by atoms with Crippen LogP contribution in [0, 0.1) is 6.54 Å². The Morgan fingerprint density at radius 3 is 2.82 bits per heavy atom. The van der Waals surface area contributed by atoms with E-state index < -0.39 is 0 Å². The van der Waals surface area contributed by atoms with E-state index in [1.807, 2.05) is 24.5 Å². The summed E-state index contributed by atoms with van der Waals surface area (Å²) in [6.45, 7) is 5.07. The first-order valence-electron chi connectivity index (χ1n) is 3.87. The van der Waals surface area contributed by atoms with E-state index in [-0.39, 0.29) is 0 Å². The minimum Gasteiger partial charge on any atom is -0.308 e. The topological polar surface area (TPSA) is 24.9 Å². The molecule has 0 aliphatic heterocycles. The molecule has 0 bridgehead atoms. The van der Waals surface area contributed by atoms with Crippen LogP contribution in [0.2, 0.25) is 0 Å². The van der Waals surface area contributed by atoms with Gasteiger partial charge in [0.15, 0.2) is 0 Å². The van der Waals surface area contributed by atoms with Gasteiger partial charge in [0.2, 0.25) is 0 Å². The summed E-state index contributed by atoms with van der Waals surface area (Å²) in [7, 11) is 0. The number of rotatable bonds is 4. The Balaban J connectivity index is 2.28. The van der Waals surface area contributed by atoms with Gasteiger partial charge in [0, 0.05) is 25.5 Å². The lowest BCUT2D eigenvalue weighted by atomic mass is 10.3. The highest BCUT2D eigenvalue weighted by Gasteiger charge is 1.88. The van der Waals surface area contributed by atoms with Crippen LogP contribution in [-0.2, 0) is 6.54 Å². The van der Waals surface area contributed by atoms with Crippen molar-refractivity contribution in [2.75, 3.05) is 0 Å². The van der Waals surface area contributed by atoms with Gasteiger partial charge in [0.05, 0.1) is 0 Å². The van der Waals surface area contributed by atoms with Gasteiger partial charge in [-0.3, -0.25) is 4.98 Å². The van der Waals surface area contributed by atoms with Crippen molar-refractivity contribution < 1.29 is 0 Å². The lowest BCUT2D eigenvalue weighted by molar-refractivity contribution is 0.763. The Morgan fingerprint density at radius 2 is 2.18 bits per heavy atom. The van der Waals surface area contributed by atoms with Crippen molar-refractivity contribution in [3.05, 3.63) is 36.6 Å². The first-order chi connectivity index (χ1) is 5.43. The predicted molar refractivity (Wildman–Crippen MR) is 45.7 cm³/mol. The summed E-state index contributed by atoms with van der Waals surface area (Å²) in [5, 5.41) is 3.20. The van der Waals surface area contributed by atoms with Crippen LogP contribution in [0.1, 0.15) is 18.9 Å². The van der Waals surface area contributed by atoms with E-state index in [1.165, 1.54) is 5.56 Å². The van der Waals surface area contributed by atoms with Crippen molar-refractivity contribution in [1.82, 2.24) is 10.3 Å². The Labute approximate surface area is 67.7 Å². The fourth-order valence-electron chi connectivity index (χ4n) is 0.835. The summed E-state index contributed by atoms with van der Waals surface area (Å²) in [5.41, 5.74) is 1.27. The first kappa shape index (κ1) is 8.21. The van der Waals surface area contributed by atoms with Crippen molar-refractivity contribution in [2.45, 2.75) is 19.9 Å². The second-order valence-corrected chi connectivity index (χ2v) is 2.35. The highest BCUT2D eigenvalue weighted by molar-refractivity contribution is 5.09. The number of aromatic nitrogens is 1. The largest absolute Gasteiger partial charge is 0.308 e. The maximum Gasteiger partial charge on any atom is 0.0271 e. The van der Waals surface area contributed by atoms with Crippen molar-refractivity contribution in [3.8, 4) is 0 Å². The second-order valence-electron chi connectivity index (χ2n) is 2.35. The van der Waals surface area contributed by atoms with Gasteiger partial charge in [-0.15, -0.1) is 0 Å². The fourth-order valence-corrected chi connectivity index (χ4v) is 0.835. The minimum atomic E-state index is 0.899. The van der Waals surface area contributed by atoms with Gasteiger partial charge >= 0.3 is 0 Å². The lowest BCUT2D eigenvalue weighted by Gasteiger charge is -2.00. The van der Waals surface area contributed by atoms with Crippen molar-refractivity contribution in [2.24, 2.45) is 0 Å². The summed E-state index contributed by atoms with van der Waals surface area (Å²) in [4.78, 5) is 3.94. The third kappa shape index (κ3) is 3.14. The number of hydrogen-bond donors (Lipinski definition) is 1.